The number of ether oxygens (including phenoxy) is 1. The van der Waals surface area contributed by atoms with E-state index in [9.17, 15) is 9.59 Å². The van der Waals surface area contributed by atoms with Gasteiger partial charge in [0, 0.05) is 0 Å². The summed E-state index contributed by atoms with van der Waals surface area (Å²) in [5.74, 6) is -1.27. The molecule has 1 rings (SSSR count). The average molecular weight is 355 g/mol. The highest BCUT2D eigenvalue weighted by atomic mass is 16.6. The summed E-state index contributed by atoms with van der Waals surface area (Å²) < 4.78 is 5.75. The molecule has 0 aromatic heterocycles. The van der Waals surface area contributed by atoms with Gasteiger partial charge in [-0.25, -0.2) is 0 Å². The molecule has 1 aliphatic rings. The van der Waals surface area contributed by atoms with Crippen LogP contribution in [0, 0.1) is 11.8 Å². The molecule has 0 amide bonds. The van der Waals surface area contributed by atoms with E-state index in [1.807, 2.05) is 13.8 Å². The van der Waals surface area contributed by atoms with Crippen molar-refractivity contribution in [3.63, 3.8) is 0 Å². The molecule has 0 aromatic rings. The largest absolute Gasteiger partial charge is 0.481 e. The molecular formula is C21H38O4. The van der Waals surface area contributed by atoms with Crippen molar-refractivity contribution < 1.29 is 19.4 Å². The third kappa shape index (κ3) is 9.27. The summed E-state index contributed by atoms with van der Waals surface area (Å²) in [6.07, 6.45) is 13.6. The van der Waals surface area contributed by atoms with Crippen molar-refractivity contribution in [3.8, 4) is 0 Å². The standard InChI is InChI=1S/C21H38O4/c1-4-5-6-7-8-9-10-11-16-21(2,3)25-20(24)18-14-12-17(13-15-18)19(22)23/h17-18H,4-16H2,1-3H3,(H,22,23). The molecule has 0 aromatic carbocycles. The molecule has 0 heterocycles. The van der Waals surface area contributed by atoms with Gasteiger partial charge in [-0.2, -0.15) is 0 Å². The lowest BCUT2D eigenvalue weighted by atomic mass is 9.82. The van der Waals surface area contributed by atoms with Gasteiger partial charge in [0.2, 0.25) is 0 Å². The molecule has 1 N–H and O–H groups in total. The number of rotatable bonds is 12. The third-order valence-corrected chi connectivity index (χ3v) is 5.42. The first-order valence-corrected chi connectivity index (χ1v) is 10.3. The van der Waals surface area contributed by atoms with Gasteiger partial charge in [0.15, 0.2) is 0 Å². The van der Waals surface area contributed by atoms with Gasteiger partial charge in [0.05, 0.1) is 11.8 Å². The van der Waals surface area contributed by atoms with E-state index < -0.39 is 11.6 Å². The molecule has 1 fully saturated rings. The maximum atomic E-state index is 12.4. The van der Waals surface area contributed by atoms with Gasteiger partial charge in [-0.1, -0.05) is 51.9 Å². The highest BCUT2D eigenvalue weighted by Crippen LogP contribution is 2.31. The van der Waals surface area contributed by atoms with Crippen molar-refractivity contribution in [3.05, 3.63) is 0 Å². The fourth-order valence-corrected chi connectivity index (χ4v) is 3.67. The van der Waals surface area contributed by atoms with Crippen LogP contribution in [0.4, 0.5) is 0 Å². The number of carboxylic acid groups (broad SMARTS) is 1. The molecule has 0 aliphatic heterocycles. The Balaban J connectivity index is 2.17. The first-order chi connectivity index (χ1) is 11.9. The Hall–Kier alpha value is -1.06. The van der Waals surface area contributed by atoms with Crippen LogP contribution in [0.25, 0.3) is 0 Å². The smallest absolute Gasteiger partial charge is 0.309 e. The second kappa shape index (κ2) is 11.5. The van der Waals surface area contributed by atoms with E-state index >= 15 is 0 Å². The third-order valence-electron chi connectivity index (χ3n) is 5.42. The Morgan fingerprint density at radius 1 is 0.880 bits per heavy atom. The molecule has 0 bridgehead atoms. The summed E-state index contributed by atoms with van der Waals surface area (Å²) in [6, 6.07) is 0. The minimum Gasteiger partial charge on any atom is -0.481 e. The SMILES string of the molecule is CCCCCCCCCCC(C)(C)OC(=O)C1CCC(C(=O)O)CC1. The lowest BCUT2D eigenvalue weighted by molar-refractivity contribution is -0.165. The molecule has 0 radical (unpaired) electrons. The monoisotopic (exact) mass is 354 g/mol. The average Bonchev–Trinajstić information content (AvgIpc) is 2.57. The van der Waals surface area contributed by atoms with E-state index in [1.54, 1.807) is 0 Å². The van der Waals surface area contributed by atoms with Crippen LogP contribution >= 0.6 is 0 Å². The number of esters is 1. The first-order valence-electron chi connectivity index (χ1n) is 10.3. The molecule has 25 heavy (non-hydrogen) atoms. The van der Waals surface area contributed by atoms with Crippen molar-refractivity contribution >= 4 is 11.9 Å². The molecule has 1 aliphatic carbocycles. The van der Waals surface area contributed by atoms with Gasteiger partial charge in [-0.05, 0) is 52.4 Å². The summed E-state index contributed by atoms with van der Waals surface area (Å²) >= 11 is 0. The quantitative estimate of drug-likeness (QED) is 0.359. The zero-order valence-corrected chi connectivity index (χ0v) is 16.5. The second-order valence-electron chi connectivity index (χ2n) is 8.29. The molecule has 0 unspecified atom stereocenters. The highest BCUT2D eigenvalue weighted by molar-refractivity contribution is 5.74. The summed E-state index contributed by atoms with van der Waals surface area (Å²) in [4.78, 5) is 23.3. The zero-order chi connectivity index (χ0) is 18.7. The first kappa shape index (κ1) is 22.0. The summed E-state index contributed by atoms with van der Waals surface area (Å²) in [5, 5.41) is 9.03. The predicted molar refractivity (Wildman–Crippen MR) is 100 cm³/mol. The normalized spacial score (nSPS) is 21.1. The van der Waals surface area contributed by atoms with E-state index in [0.717, 1.165) is 12.8 Å². The van der Waals surface area contributed by atoms with Crippen LogP contribution in [0.1, 0.15) is 104 Å². The van der Waals surface area contributed by atoms with Crippen LogP contribution < -0.4 is 0 Å². The van der Waals surface area contributed by atoms with Crippen LogP contribution in [-0.2, 0) is 14.3 Å². The van der Waals surface area contributed by atoms with Crippen LogP contribution in [0.5, 0.6) is 0 Å². The Morgan fingerprint density at radius 2 is 1.36 bits per heavy atom. The number of unbranched alkanes of at least 4 members (excludes halogenated alkanes) is 7. The predicted octanol–water partition coefficient (Wildman–Crippen LogP) is 5.73. The Morgan fingerprint density at radius 3 is 1.88 bits per heavy atom. The summed E-state index contributed by atoms with van der Waals surface area (Å²) in [5.41, 5.74) is -0.414. The lowest BCUT2D eigenvalue weighted by Gasteiger charge is -2.30. The van der Waals surface area contributed by atoms with Gasteiger partial charge >= 0.3 is 11.9 Å². The number of hydrogen-bond acceptors (Lipinski definition) is 3. The summed E-state index contributed by atoms with van der Waals surface area (Å²) in [6.45, 7) is 6.23. The topological polar surface area (TPSA) is 63.6 Å². The summed E-state index contributed by atoms with van der Waals surface area (Å²) in [7, 11) is 0. The molecule has 4 nitrogen and oxygen atoms in total. The molecular weight excluding hydrogens is 316 g/mol. The Bertz CT molecular complexity index is 395. The van der Waals surface area contributed by atoms with E-state index in [-0.39, 0.29) is 17.8 Å². The molecule has 146 valence electrons. The van der Waals surface area contributed by atoms with Crippen LogP contribution in [-0.4, -0.2) is 22.6 Å². The van der Waals surface area contributed by atoms with Crippen molar-refractivity contribution in [2.75, 3.05) is 0 Å². The van der Waals surface area contributed by atoms with Crippen molar-refractivity contribution in [1.82, 2.24) is 0 Å². The Labute approximate surface area is 153 Å². The molecule has 0 spiro atoms. The van der Waals surface area contributed by atoms with Gasteiger partial charge in [-0.3, -0.25) is 9.59 Å². The van der Waals surface area contributed by atoms with E-state index in [2.05, 4.69) is 6.92 Å². The van der Waals surface area contributed by atoms with E-state index in [0.29, 0.717) is 25.7 Å². The number of hydrogen-bond donors (Lipinski definition) is 1. The minimum atomic E-state index is -0.734. The van der Waals surface area contributed by atoms with Crippen molar-refractivity contribution in [2.24, 2.45) is 11.8 Å². The van der Waals surface area contributed by atoms with Crippen molar-refractivity contribution in [1.29, 1.82) is 0 Å². The maximum absolute atomic E-state index is 12.4. The lowest BCUT2D eigenvalue weighted by Crippen LogP contribution is -2.34. The molecule has 4 heteroatoms. The highest BCUT2D eigenvalue weighted by Gasteiger charge is 2.33. The maximum Gasteiger partial charge on any atom is 0.309 e. The zero-order valence-electron chi connectivity index (χ0n) is 16.5. The van der Waals surface area contributed by atoms with Gasteiger partial charge in [0.25, 0.3) is 0 Å². The van der Waals surface area contributed by atoms with E-state index in [4.69, 9.17) is 9.84 Å². The minimum absolute atomic E-state index is 0.117. The fraction of sp³-hybridized carbons (Fsp3) is 0.905. The number of carboxylic acids is 1. The Kier molecular flexibility index (Phi) is 10.1. The van der Waals surface area contributed by atoms with Crippen LogP contribution in [0.2, 0.25) is 0 Å². The molecule has 0 saturated heterocycles. The van der Waals surface area contributed by atoms with Gasteiger partial charge in [-0.15, -0.1) is 0 Å². The van der Waals surface area contributed by atoms with Gasteiger partial charge in [0.1, 0.15) is 5.60 Å². The number of carbonyl (C=O) groups excluding carboxylic acids is 1. The fourth-order valence-electron chi connectivity index (χ4n) is 3.67. The molecule has 0 atom stereocenters. The number of aliphatic carboxylic acids is 1. The van der Waals surface area contributed by atoms with Gasteiger partial charge < -0.3 is 9.84 Å². The second-order valence-corrected chi connectivity index (χ2v) is 8.29. The van der Waals surface area contributed by atoms with E-state index in [1.165, 1.54) is 44.9 Å². The van der Waals surface area contributed by atoms with Crippen LogP contribution in [0.15, 0.2) is 0 Å². The molecule has 1 saturated carbocycles. The van der Waals surface area contributed by atoms with Crippen LogP contribution in [0.3, 0.4) is 0 Å². The number of carbonyl (C=O) groups is 2. The van der Waals surface area contributed by atoms with Crippen molar-refractivity contribution in [2.45, 2.75) is 110 Å².